The Hall–Kier alpha value is -1.78. The lowest BCUT2D eigenvalue weighted by Gasteiger charge is -2.09. The van der Waals surface area contributed by atoms with E-state index in [2.05, 4.69) is 0 Å². The lowest BCUT2D eigenvalue weighted by Crippen LogP contribution is -2.14. The van der Waals surface area contributed by atoms with Crippen molar-refractivity contribution >= 4 is 35.0 Å². The second-order valence-electron chi connectivity index (χ2n) is 5.16. The van der Waals surface area contributed by atoms with Crippen LogP contribution in [-0.2, 0) is 23.0 Å². The van der Waals surface area contributed by atoms with Crippen LogP contribution in [0.2, 0.25) is 10.0 Å². The molecule has 0 aliphatic carbocycles. The smallest absolute Gasteiger partial charge is 0.311 e. The molecule has 0 aliphatic heterocycles. The van der Waals surface area contributed by atoms with Gasteiger partial charge in [-0.25, -0.2) is 0 Å². The van der Waals surface area contributed by atoms with Crippen LogP contribution in [0.15, 0.2) is 24.3 Å². The zero-order valence-electron chi connectivity index (χ0n) is 13.2. The molecule has 0 unspecified atom stereocenters. The first-order valence-corrected chi connectivity index (χ1v) is 7.91. The lowest BCUT2D eigenvalue weighted by molar-refractivity contribution is -0.142. The maximum Gasteiger partial charge on any atom is 0.311 e. The van der Waals surface area contributed by atoms with Crippen molar-refractivity contribution in [1.82, 2.24) is 4.57 Å². The van der Waals surface area contributed by atoms with Crippen LogP contribution in [0.5, 0.6) is 0 Å². The Labute approximate surface area is 145 Å². The van der Waals surface area contributed by atoms with Crippen LogP contribution in [0.1, 0.15) is 34.2 Å². The summed E-state index contributed by atoms with van der Waals surface area (Å²) in [5, 5.41) is 0.771. The number of benzene rings is 1. The molecule has 6 heteroatoms. The molecule has 2 rings (SSSR count). The fourth-order valence-electron chi connectivity index (χ4n) is 2.49. The first kappa shape index (κ1) is 17.6. The molecule has 0 spiro atoms. The molecular weight excluding hydrogens is 337 g/mol. The first-order valence-electron chi connectivity index (χ1n) is 7.15. The minimum atomic E-state index is -0.323. The van der Waals surface area contributed by atoms with Gasteiger partial charge in [0.25, 0.3) is 0 Å². The van der Waals surface area contributed by atoms with Gasteiger partial charge in [-0.1, -0.05) is 23.2 Å². The number of ketones is 1. The van der Waals surface area contributed by atoms with Crippen LogP contribution in [0.4, 0.5) is 0 Å². The molecule has 122 valence electrons. The number of nitrogens with zero attached hydrogens (tertiary/aromatic N) is 1. The van der Waals surface area contributed by atoms with Gasteiger partial charge in [0.15, 0.2) is 0 Å². The normalized spacial score (nSPS) is 10.7. The van der Waals surface area contributed by atoms with Crippen molar-refractivity contribution in [3.05, 3.63) is 56.8 Å². The average molecular weight is 354 g/mol. The van der Waals surface area contributed by atoms with E-state index in [9.17, 15) is 9.59 Å². The number of halogens is 2. The predicted octanol–water partition coefficient (Wildman–Crippen LogP) is 3.98. The van der Waals surface area contributed by atoms with Gasteiger partial charge in [0.05, 0.1) is 23.7 Å². The van der Waals surface area contributed by atoms with Crippen molar-refractivity contribution in [2.75, 3.05) is 6.61 Å². The van der Waals surface area contributed by atoms with Gasteiger partial charge < -0.3 is 9.30 Å². The van der Waals surface area contributed by atoms with Crippen LogP contribution in [0.3, 0.4) is 0 Å². The summed E-state index contributed by atoms with van der Waals surface area (Å²) in [5.74, 6) is -0.529. The molecule has 0 N–H and O–H groups in total. The van der Waals surface area contributed by atoms with Crippen LogP contribution < -0.4 is 0 Å². The van der Waals surface area contributed by atoms with E-state index in [-0.39, 0.29) is 18.2 Å². The van der Waals surface area contributed by atoms with Crippen LogP contribution in [-0.4, -0.2) is 22.9 Å². The molecule has 0 saturated carbocycles. The van der Waals surface area contributed by atoms with Gasteiger partial charge in [0, 0.05) is 23.3 Å². The maximum absolute atomic E-state index is 12.8. The van der Waals surface area contributed by atoms with Crippen LogP contribution >= 0.6 is 23.2 Å². The summed E-state index contributed by atoms with van der Waals surface area (Å²) in [5.41, 5.74) is 2.37. The molecule has 0 atom stereocenters. The van der Waals surface area contributed by atoms with Crippen molar-refractivity contribution in [2.45, 2.75) is 20.3 Å². The topological polar surface area (TPSA) is 48.3 Å². The Morgan fingerprint density at radius 1 is 1.22 bits per heavy atom. The van der Waals surface area contributed by atoms with E-state index in [1.165, 1.54) is 6.07 Å². The van der Waals surface area contributed by atoms with Gasteiger partial charge in [0.1, 0.15) is 0 Å². The fraction of sp³-hybridized carbons (Fsp3) is 0.294. The third-order valence-electron chi connectivity index (χ3n) is 3.54. The molecule has 0 fully saturated rings. The number of carbonyl (C=O) groups excluding carboxylic acids is 2. The molecule has 1 aromatic carbocycles. The van der Waals surface area contributed by atoms with Gasteiger partial charge in [-0.3, -0.25) is 9.59 Å². The van der Waals surface area contributed by atoms with E-state index in [1.54, 1.807) is 30.7 Å². The van der Waals surface area contributed by atoms with Gasteiger partial charge in [0.2, 0.25) is 5.78 Å². The molecule has 23 heavy (non-hydrogen) atoms. The van der Waals surface area contributed by atoms with E-state index < -0.39 is 0 Å². The minimum Gasteiger partial charge on any atom is -0.466 e. The number of carbonyl (C=O) groups is 2. The van der Waals surface area contributed by atoms with Gasteiger partial charge >= 0.3 is 5.97 Å². The van der Waals surface area contributed by atoms with Crippen molar-refractivity contribution < 1.29 is 14.3 Å². The van der Waals surface area contributed by atoms with Gasteiger partial charge in [-0.05, 0) is 43.7 Å². The molecule has 0 radical (unpaired) electrons. The molecule has 1 heterocycles. The zero-order chi connectivity index (χ0) is 17.1. The lowest BCUT2D eigenvalue weighted by atomic mass is 10.1. The molecule has 0 aliphatic rings. The monoisotopic (exact) mass is 353 g/mol. The number of hydrogen-bond acceptors (Lipinski definition) is 3. The Morgan fingerprint density at radius 3 is 2.52 bits per heavy atom. The summed E-state index contributed by atoms with van der Waals surface area (Å²) >= 11 is 12.0. The zero-order valence-corrected chi connectivity index (χ0v) is 14.7. The molecule has 4 nitrogen and oxygen atoms in total. The standard InChI is InChI=1S/C17H17Cl2NO3/c1-4-23-15(21)9-12-7-10(2)16(20(12)3)17(22)13-6-5-11(18)8-14(13)19/h5-8H,4,9H2,1-3H3. The Bertz CT molecular complexity index is 765. The Balaban J connectivity index is 2.38. The van der Waals surface area contributed by atoms with E-state index in [0.717, 1.165) is 11.3 Å². The van der Waals surface area contributed by atoms with Crippen molar-refractivity contribution in [2.24, 2.45) is 7.05 Å². The van der Waals surface area contributed by atoms with Crippen molar-refractivity contribution in [3.8, 4) is 0 Å². The SMILES string of the molecule is CCOC(=O)Cc1cc(C)c(C(=O)c2ccc(Cl)cc2Cl)n1C. The quantitative estimate of drug-likeness (QED) is 0.603. The van der Waals surface area contributed by atoms with Crippen LogP contribution in [0, 0.1) is 6.92 Å². The van der Waals surface area contributed by atoms with E-state index in [4.69, 9.17) is 27.9 Å². The molecule has 0 bridgehead atoms. The Kier molecular flexibility index (Phi) is 5.50. The van der Waals surface area contributed by atoms with E-state index in [1.807, 2.05) is 13.0 Å². The number of rotatable bonds is 5. The number of aryl methyl sites for hydroxylation is 1. The van der Waals surface area contributed by atoms with Gasteiger partial charge in [-0.15, -0.1) is 0 Å². The van der Waals surface area contributed by atoms with E-state index in [0.29, 0.717) is 27.9 Å². The number of ether oxygens (including phenoxy) is 1. The maximum atomic E-state index is 12.8. The molecule has 0 saturated heterocycles. The van der Waals surface area contributed by atoms with Crippen molar-refractivity contribution in [1.29, 1.82) is 0 Å². The average Bonchev–Trinajstić information content (AvgIpc) is 2.73. The second-order valence-corrected chi connectivity index (χ2v) is 6.01. The molecule has 1 aromatic heterocycles. The molecule has 0 amide bonds. The highest BCUT2D eigenvalue weighted by Crippen LogP contribution is 2.26. The van der Waals surface area contributed by atoms with E-state index >= 15 is 0 Å². The largest absolute Gasteiger partial charge is 0.466 e. The molecular formula is C17H17Cl2NO3. The Morgan fingerprint density at radius 2 is 1.91 bits per heavy atom. The summed E-state index contributed by atoms with van der Waals surface area (Å²) in [7, 11) is 1.75. The number of esters is 1. The van der Waals surface area contributed by atoms with Gasteiger partial charge in [-0.2, -0.15) is 0 Å². The predicted molar refractivity (Wildman–Crippen MR) is 90.4 cm³/mol. The molecule has 2 aromatic rings. The second kappa shape index (κ2) is 7.20. The third-order valence-corrected chi connectivity index (χ3v) is 4.09. The highest BCUT2D eigenvalue weighted by atomic mass is 35.5. The summed E-state index contributed by atoms with van der Waals surface area (Å²) in [6, 6.07) is 6.57. The van der Waals surface area contributed by atoms with Crippen molar-refractivity contribution in [3.63, 3.8) is 0 Å². The summed E-state index contributed by atoms with van der Waals surface area (Å²) in [6.07, 6.45) is 0.118. The highest BCUT2D eigenvalue weighted by molar-refractivity contribution is 6.37. The summed E-state index contributed by atoms with van der Waals surface area (Å²) in [4.78, 5) is 24.4. The summed E-state index contributed by atoms with van der Waals surface area (Å²) < 4.78 is 6.66. The minimum absolute atomic E-state index is 0.118. The number of aromatic nitrogens is 1. The number of hydrogen-bond donors (Lipinski definition) is 0. The fourth-order valence-corrected chi connectivity index (χ4v) is 2.98. The van der Waals surface area contributed by atoms with Crippen LogP contribution in [0.25, 0.3) is 0 Å². The summed E-state index contributed by atoms with van der Waals surface area (Å²) in [6.45, 7) is 3.91. The third kappa shape index (κ3) is 3.77. The first-order chi connectivity index (χ1) is 10.8. The highest BCUT2D eigenvalue weighted by Gasteiger charge is 2.21.